The third-order valence-electron chi connectivity index (χ3n) is 15.7. The Morgan fingerprint density at radius 3 is 1.61 bits per heavy atom. The Bertz CT molecular complexity index is 4070. The van der Waals surface area contributed by atoms with E-state index >= 15 is 0 Å². The summed E-state index contributed by atoms with van der Waals surface area (Å²) in [6.07, 6.45) is 0. The Kier molecular flexibility index (Phi) is 7.96. The van der Waals surface area contributed by atoms with Gasteiger partial charge in [-0.2, -0.15) is 0 Å². The van der Waals surface area contributed by atoms with Crippen LogP contribution in [0, 0.1) is 0 Å². The maximum absolute atomic E-state index is 7.19. The fourth-order valence-electron chi connectivity index (χ4n) is 12.5. The molecule has 15 rings (SSSR count). The van der Waals surface area contributed by atoms with Crippen LogP contribution in [0.3, 0.4) is 0 Å². The quantitative estimate of drug-likeness (QED) is 0.175. The fourth-order valence-corrected chi connectivity index (χ4v) is 13.7. The molecule has 12 aromatic rings. The molecule has 0 radical (unpaired) electrons. The van der Waals surface area contributed by atoms with E-state index in [2.05, 4.69) is 243 Å². The molecule has 0 saturated heterocycles. The van der Waals surface area contributed by atoms with Crippen LogP contribution >= 0.6 is 11.3 Å². The van der Waals surface area contributed by atoms with Crippen LogP contribution in [-0.4, -0.2) is 0 Å². The summed E-state index contributed by atoms with van der Waals surface area (Å²) >= 11 is 1.87. The Morgan fingerprint density at radius 2 is 0.870 bits per heavy atom. The molecule has 324 valence electrons. The van der Waals surface area contributed by atoms with E-state index in [0.717, 1.165) is 39.3 Å². The molecular formula is C66H43NOS. The zero-order valence-corrected chi connectivity index (χ0v) is 38.9. The lowest BCUT2D eigenvalue weighted by atomic mass is 9.65. The van der Waals surface area contributed by atoms with Gasteiger partial charge in [0.15, 0.2) is 0 Å². The normalized spacial score (nSPS) is 14.3. The van der Waals surface area contributed by atoms with Crippen molar-refractivity contribution in [2.75, 3.05) is 4.90 Å². The molecule has 1 spiro atoms. The van der Waals surface area contributed by atoms with E-state index in [1.165, 1.54) is 97.7 Å². The molecule has 2 aliphatic carbocycles. The van der Waals surface area contributed by atoms with Crippen molar-refractivity contribution in [1.82, 2.24) is 0 Å². The second-order valence-corrected chi connectivity index (χ2v) is 20.6. The number of hydrogen-bond acceptors (Lipinski definition) is 3. The smallest absolute Gasteiger partial charge is 0.140 e. The van der Waals surface area contributed by atoms with E-state index in [4.69, 9.17) is 4.74 Å². The van der Waals surface area contributed by atoms with Crippen molar-refractivity contribution in [3.63, 3.8) is 0 Å². The van der Waals surface area contributed by atoms with E-state index in [0.29, 0.717) is 0 Å². The first kappa shape index (κ1) is 38.8. The number of fused-ring (bicyclic) bond motifs is 19. The van der Waals surface area contributed by atoms with Crippen molar-refractivity contribution in [2.45, 2.75) is 24.7 Å². The SMILES string of the molecule is CC1(C)c2ccccc2-c2ccc(N(c3ccc(-c4ccc5c(c4)-c4ccccc4C54c5ccc6ccccc6c5Oc5c4ccc4ccccc54)cc3)c3ccc4c(c3)sc3ccccc34)cc21. The second kappa shape index (κ2) is 14.1. The number of thiophene rings is 1. The zero-order valence-electron chi connectivity index (χ0n) is 38.1. The Hall–Kier alpha value is -8.24. The lowest BCUT2D eigenvalue weighted by Gasteiger charge is -2.40. The molecular weight excluding hydrogens is 855 g/mol. The molecule has 3 aliphatic rings. The zero-order chi connectivity index (χ0) is 45.6. The fraction of sp³-hybridized carbons (Fsp3) is 0.0606. The van der Waals surface area contributed by atoms with Crippen LogP contribution in [0.2, 0.25) is 0 Å². The lowest BCUT2D eigenvalue weighted by molar-refractivity contribution is 0.447. The minimum absolute atomic E-state index is 0.117. The summed E-state index contributed by atoms with van der Waals surface area (Å²) < 4.78 is 9.79. The van der Waals surface area contributed by atoms with Crippen molar-refractivity contribution < 1.29 is 4.74 Å². The first-order valence-electron chi connectivity index (χ1n) is 24.0. The highest BCUT2D eigenvalue weighted by molar-refractivity contribution is 7.25. The molecule has 1 aliphatic heterocycles. The highest BCUT2D eigenvalue weighted by atomic mass is 32.1. The van der Waals surface area contributed by atoms with Crippen LogP contribution < -0.4 is 9.64 Å². The molecule has 0 amide bonds. The Morgan fingerprint density at radius 1 is 0.348 bits per heavy atom. The number of hydrogen-bond donors (Lipinski definition) is 0. The molecule has 0 bridgehead atoms. The molecule has 2 heterocycles. The van der Waals surface area contributed by atoms with Crippen molar-refractivity contribution in [1.29, 1.82) is 0 Å². The maximum Gasteiger partial charge on any atom is 0.140 e. The molecule has 0 saturated carbocycles. The van der Waals surface area contributed by atoms with Gasteiger partial charge in [0, 0.05) is 64.5 Å². The average Bonchev–Trinajstić information content (AvgIpc) is 3.99. The standard InChI is InChI=1S/C66H43NOS/c1-65(2)55-20-10-7-17-49(55)51-32-30-45(38-60(51)65)67(46-31-33-53-52-19-9-12-22-61(52)69-62(53)39-46)44-28-23-40(24-29-44)43-27-34-57-54(37-43)50-18-8-11-21-56(50)66(57)58-35-25-41-13-3-5-15-47(41)63(58)68-64-48-16-6-4-14-42(48)26-36-59(64)66/h3-39H,1-2H3. The van der Waals surface area contributed by atoms with E-state index in [-0.39, 0.29) is 5.41 Å². The highest BCUT2D eigenvalue weighted by Crippen LogP contribution is 2.64. The van der Waals surface area contributed by atoms with Gasteiger partial charge in [-0.1, -0.05) is 190 Å². The maximum atomic E-state index is 7.19. The predicted octanol–water partition coefficient (Wildman–Crippen LogP) is 18.3. The minimum Gasteiger partial charge on any atom is -0.455 e. The van der Waals surface area contributed by atoms with E-state index in [1.807, 2.05) is 11.3 Å². The van der Waals surface area contributed by atoms with Crippen LogP contribution in [0.1, 0.15) is 47.2 Å². The summed E-state index contributed by atoms with van der Waals surface area (Å²) in [6.45, 7) is 4.73. The number of benzene rings is 11. The number of nitrogens with zero attached hydrogens (tertiary/aromatic N) is 1. The molecule has 0 unspecified atom stereocenters. The van der Waals surface area contributed by atoms with Gasteiger partial charge in [0.1, 0.15) is 11.5 Å². The van der Waals surface area contributed by atoms with Crippen LogP contribution in [0.25, 0.3) is 75.1 Å². The summed E-state index contributed by atoms with van der Waals surface area (Å²) in [6, 6.07) is 83.6. The van der Waals surface area contributed by atoms with Crippen LogP contribution in [0.4, 0.5) is 17.1 Å². The average molecular weight is 898 g/mol. The number of ether oxygens (including phenoxy) is 1. The van der Waals surface area contributed by atoms with Crippen molar-refractivity contribution in [2.24, 2.45) is 0 Å². The van der Waals surface area contributed by atoms with Crippen LogP contribution in [0.15, 0.2) is 224 Å². The van der Waals surface area contributed by atoms with Crippen molar-refractivity contribution in [3.05, 3.63) is 258 Å². The predicted molar refractivity (Wildman–Crippen MR) is 289 cm³/mol. The summed E-state index contributed by atoms with van der Waals surface area (Å²) in [5.41, 5.74) is 17.9. The molecule has 0 fully saturated rings. The third kappa shape index (κ3) is 5.31. The van der Waals surface area contributed by atoms with Gasteiger partial charge in [-0.05, 0) is 115 Å². The summed E-state index contributed by atoms with van der Waals surface area (Å²) in [5.74, 6) is 1.87. The molecule has 0 N–H and O–H groups in total. The van der Waals surface area contributed by atoms with Crippen molar-refractivity contribution in [3.8, 4) is 44.9 Å². The van der Waals surface area contributed by atoms with Gasteiger partial charge in [0.25, 0.3) is 0 Å². The van der Waals surface area contributed by atoms with Crippen molar-refractivity contribution >= 4 is 70.1 Å². The molecule has 1 aromatic heterocycles. The first-order valence-corrected chi connectivity index (χ1v) is 24.8. The van der Waals surface area contributed by atoms with Gasteiger partial charge in [0.05, 0.1) is 5.41 Å². The molecule has 11 aromatic carbocycles. The molecule has 69 heavy (non-hydrogen) atoms. The molecule has 2 nitrogen and oxygen atoms in total. The summed E-state index contributed by atoms with van der Waals surface area (Å²) in [5, 5.41) is 7.21. The van der Waals surface area contributed by atoms with E-state index < -0.39 is 5.41 Å². The van der Waals surface area contributed by atoms with Crippen LogP contribution in [0.5, 0.6) is 11.5 Å². The van der Waals surface area contributed by atoms with Crippen LogP contribution in [-0.2, 0) is 10.8 Å². The Labute approximate surface area is 405 Å². The summed E-state index contributed by atoms with van der Waals surface area (Å²) in [4.78, 5) is 2.45. The number of anilines is 3. The van der Waals surface area contributed by atoms with Gasteiger partial charge in [-0.15, -0.1) is 11.3 Å². The van der Waals surface area contributed by atoms with Gasteiger partial charge in [0.2, 0.25) is 0 Å². The molecule has 0 atom stereocenters. The van der Waals surface area contributed by atoms with Gasteiger partial charge >= 0.3 is 0 Å². The number of rotatable bonds is 4. The second-order valence-electron chi connectivity index (χ2n) is 19.5. The first-order chi connectivity index (χ1) is 33.9. The van der Waals surface area contributed by atoms with Gasteiger partial charge < -0.3 is 9.64 Å². The Balaban J connectivity index is 0.887. The van der Waals surface area contributed by atoms with E-state index in [1.54, 1.807) is 0 Å². The highest BCUT2D eigenvalue weighted by Gasteiger charge is 2.52. The minimum atomic E-state index is -0.576. The topological polar surface area (TPSA) is 12.5 Å². The largest absolute Gasteiger partial charge is 0.455 e. The van der Waals surface area contributed by atoms with Gasteiger partial charge in [-0.25, -0.2) is 0 Å². The molecule has 3 heteroatoms. The lowest BCUT2D eigenvalue weighted by Crippen LogP contribution is -2.32. The van der Waals surface area contributed by atoms with Gasteiger partial charge in [-0.3, -0.25) is 0 Å². The monoisotopic (exact) mass is 897 g/mol. The van der Waals surface area contributed by atoms with E-state index in [9.17, 15) is 0 Å². The third-order valence-corrected chi connectivity index (χ3v) is 16.9. The summed E-state index contributed by atoms with van der Waals surface area (Å²) in [7, 11) is 0.